The normalized spacial score (nSPS) is 12.0. The van der Waals surface area contributed by atoms with E-state index in [1.807, 2.05) is 19.9 Å². The smallest absolute Gasteiger partial charge is 0.191 e. The van der Waals surface area contributed by atoms with Crippen LogP contribution in [-0.4, -0.2) is 57.8 Å². The molecule has 0 radical (unpaired) electrons. The first-order valence-corrected chi connectivity index (χ1v) is 8.32. The Kier molecular flexibility index (Phi) is 9.40. The van der Waals surface area contributed by atoms with Gasteiger partial charge in [-0.2, -0.15) is 0 Å². The molecule has 0 amide bonds. The maximum atomic E-state index is 5.54. The van der Waals surface area contributed by atoms with Gasteiger partial charge in [0.05, 0.1) is 6.54 Å². The minimum absolute atomic E-state index is 0.627. The molecule has 6 nitrogen and oxygen atoms in total. The van der Waals surface area contributed by atoms with Crippen molar-refractivity contribution >= 4 is 5.96 Å². The highest BCUT2D eigenvalue weighted by atomic mass is 16.5. The van der Waals surface area contributed by atoms with Crippen molar-refractivity contribution in [2.75, 3.05) is 46.9 Å². The van der Waals surface area contributed by atoms with Crippen LogP contribution >= 0.6 is 0 Å². The van der Waals surface area contributed by atoms with Gasteiger partial charge in [0, 0.05) is 45.5 Å². The number of furan rings is 1. The van der Waals surface area contributed by atoms with Crippen LogP contribution in [0.1, 0.15) is 30.4 Å². The van der Waals surface area contributed by atoms with Crippen molar-refractivity contribution in [3.63, 3.8) is 0 Å². The number of rotatable bonds is 10. The van der Waals surface area contributed by atoms with Gasteiger partial charge in [0.2, 0.25) is 0 Å². The Labute approximate surface area is 140 Å². The second-order valence-corrected chi connectivity index (χ2v) is 5.71. The molecule has 0 aliphatic carbocycles. The number of nitrogens with one attached hydrogen (secondary N) is 2. The molecule has 0 aliphatic rings. The van der Waals surface area contributed by atoms with Crippen LogP contribution < -0.4 is 10.6 Å². The number of hydrogen-bond donors (Lipinski definition) is 2. The highest BCUT2D eigenvalue weighted by molar-refractivity contribution is 5.79. The molecule has 6 heteroatoms. The number of aryl methyl sites for hydroxylation is 2. The predicted octanol–water partition coefficient (Wildman–Crippen LogP) is 1.92. The molecule has 2 N–H and O–H groups in total. The Bertz CT molecular complexity index is 471. The molecule has 0 aromatic carbocycles. The third kappa shape index (κ3) is 8.04. The Morgan fingerprint density at radius 3 is 2.70 bits per heavy atom. The van der Waals surface area contributed by atoms with E-state index in [4.69, 9.17) is 9.15 Å². The quantitative estimate of drug-likeness (QED) is 0.391. The monoisotopic (exact) mass is 324 g/mol. The van der Waals surface area contributed by atoms with Crippen molar-refractivity contribution in [3.05, 3.63) is 23.2 Å². The van der Waals surface area contributed by atoms with Crippen molar-refractivity contribution in [3.8, 4) is 0 Å². The molecule has 0 spiro atoms. The second-order valence-electron chi connectivity index (χ2n) is 5.71. The first kappa shape index (κ1) is 19.5. The number of aliphatic imine (C=N–C) groups is 1. The summed E-state index contributed by atoms with van der Waals surface area (Å²) in [7, 11) is 3.86. The fraction of sp³-hybridized carbons (Fsp3) is 0.706. The van der Waals surface area contributed by atoms with Gasteiger partial charge in [-0.25, -0.2) is 4.99 Å². The summed E-state index contributed by atoms with van der Waals surface area (Å²) in [5, 5.41) is 6.65. The van der Waals surface area contributed by atoms with Crippen molar-refractivity contribution < 1.29 is 9.15 Å². The number of nitrogens with zero attached hydrogens (tertiary/aromatic N) is 2. The fourth-order valence-corrected chi connectivity index (χ4v) is 2.30. The van der Waals surface area contributed by atoms with E-state index in [1.165, 1.54) is 0 Å². The number of hydrogen-bond acceptors (Lipinski definition) is 4. The minimum Gasteiger partial charge on any atom is -0.466 e. The lowest BCUT2D eigenvalue weighted by molar-refractivity contribution is 0.180. The molecule has 1 rings (SSSR count). The first-order chi connectivity index (χ1) is 11.1. The average Bonchev–Trinajstić information content (AvgIpc) is 2.83. The molecular formula is C17H32N4O2. The standard InChI is InChI=1S/C17H32N4O2/c1-6-18-17(19-8-10-21(4)9-7-11-22-5)20-13-16-12-14(2)23-15(16)3/h12H,6-11,13H2,1-5H3,(H2,18,19,20). The molecule has 0 saturated heterocycles. The van der Waals surface area contributed by atoms with Crippen LogP contribution in [-0.2, 0) is 11.3 Å². The molecule has 0 saturated carbocycles. The van der Waals surface area contributed by atoms with Gasteiger partial charge in [-0.05, 0) is 40.3 Å². The van der Waals surface area contributed by atoms with Gasteiger partial charge in [0.25, 0.3) is 0 Å². The summed E-state index contributed by atoms with van der Waals surface area (Å²) in [6, 6.07) is 2.05. The van der Waals surface area contributed by atoms with E-state index >= 15 is 0 Å². The summed E-state index contributed by atoms with van der Waals surface area (Å²) < 4.78 is 10.6. The summed E-state index contributed by atoms with van der Waals surface area (Å²) in [6.07, 6.45) is 1.06. The van der Waals surface area contributed by atoms with E-state index in [1.54, 1.807) is 7.11 Å². The molecule has 1 heterocycles. The Morgan fingerprint density at radius 2 is 2.09 bits per heavy atom. The zero-order chi connectivity index (χ0) is 17.1. The fourth-order valence-electron chi connectivity index (χ4n) is 2.30. The van der Waals surface area contributed by atoms with Crippen molar-refractivity contribution in [2.24, 2.45) is 4.99 Å². The lowest BCUT2D eigenvalue weighted by atomic mass is 10.2. The van der Waals surface area contributed by atoms with Crippen LogP contribution in [0.2, 0.25) is 0 Å². The molecule has 1 aromatic heterocycles. The molecule has 1 aromatic rings. The third-order valence-electron chi connectivity index (χ3n) is 3.57. The summed E-state index contributed by atoms with van der Waals surface area (Å²) in [4.78, 5) is 6.92. The maximum Gasteiger partial charge on any atom is 0.191 e. The van der Waals surface area contributed by atoms with E-state index in [9.17, 15) is 0 Å². The molecule has 0 atom stereocenters. The maximum absolute atomic E-state index is 5.54. The molecule has 0 unspecified atom stereocenters. The van der Waals surface area contributed by atoms with Crippen LogP contribution in [0.4, 0.5) is 0 Å². The van der Waals surface area contributed by atoms with Crippen molar-refractivity contribution in [1.29, 1.82) is 0 Å². The molecule has 0 aliphatic heterocycles. The number of likely N-dealkylation sites (N-methyl/N-ethyl adjacent to an activating group) is 1. The number of ether oxygens (including phenoxy) is 1. The zero-order valence-electron chi connectivity index (χ0n) is 15.2. The van der Waals surface area contributed by atoms with Gasteiger partial charge in [-0.3, -0.25) is 0 Å². The molecular weight excluding hydrogens is 292 g/mol. The minimum atomic E-state index is 0.627. The molecule has 132 valence electrons. The van der Waals surface area contributed by atoms with Gasteiger partial charge in [0.15, 0.2) is 5.96 Å². The molecule has 23 heavy (non-hydrogen) atoms. The number of methoxy groups -OCH3 is 1. The summed E-state index contributed by atoms with van der Waals surface area (Å²) in [5.41, 5.74) is 1.14. The van der Waals surface area contributed by atoms with Crippen LogP contribution in [0, 0.1) is 13.8 Å². The van der Waals surface area contributed by atoms with Gasteiger partial charge in [0.1, 0.15) is 11.5 Å². The Balaban J connectivity index is 2.39. The van der Waals surface area contributed by atoms with E-state index in [0.717, 1.165) is 62.3 Å². The molecule has 0 bridgehead atoms. The van der Waals surface area contributed by atoms with Gasteiger partial charge in [-0.15, -0.1) is 0 Å². The van der Waals surface area contributed by atoms with Crippen LogP contribution in [0.3, 0.4) is 0 Å². The Hall–Kier alpha value is -1.53. The topological polar surface area (TPSA) is 62.0 Å². The lowest BCUT2D eigenvalue weighted by Crippen LogP contribution is -2.41. The average molecular weight is 324 g/mol. The highest BCUT2D eigenvalue weighted by Gasteiger charge is 2.05. The summed E-state index contributed by atoms with van der Waals surface area (Å²) in [6.45, 7) is 11.2. The van der Waals surface area contributed by atoms with Gasteiger partial charge < -0.3 is 24.7 Å². The van der Waals surface area contributed by atoms with E-state index in [2.05, 4.69) is 34.5 Å². The molecule has 0 fully saturated rings. The second kappa shape index (κ2) is 11.1. The van der Waals surface area contributed by atoms with Crippen LogP contribution in [0.5, 0.6) is 0 Å². The summed E-state index contributed by atoms with van der Waals surface area (Å²) in [5.74, 6) is 2.72. The van der Waals surface area contributed by atoms with Crippen molar-refractivity contribution in [2.45, 2.75) is 33.7 Å². The van der Waals surface area contributed by atoms with E-state index < -0.39 is 0 Å². The van der Waals surface area contributed by atoms with E-state index in [0.29, 0.717) is 6.54 Å². The van der Waals surface area contributed by atoms with Gasteiger partial charge >= 0.3 is 0 Å². The van der Waals surface area contributed by atoms with Crippen LogP contribution in [0.25, 0.3) is 0 Å². The van der Waals surface area contributed by atoms with Gasteiger partial charge in [-0.1, -0.05) is 0 Å². The Morgan fingerprint density at radius 1 is 1.30 bits per heavy atom. The van der Waals surface area contributed by atoms with E-state index in [-0.39, 0.29) is 0 Å². The predicted molar refractivity (Wildman–Crippen MR) is 95.0 cm³/mol. The number of guanidine groups is 1. The van der Waals surface area contributed by atoms with Crippen LogP contribution in [0.15, 0.2) is 15.5 Å². The summed E-state index contributed by atoms with van der Waals surface area (Å²) >= 11 is 0. The third-order valence-corrected chi connectivity index (χ3v) is 3.57. The SMILES string of the molecule is CCNC(=NCc1cc(C)oc1C)NCCN(C)CCCOC. The largest absolute Gasteiger partial charge is 0.466 e. The highest BCUT2D eigenvalue weighted by Crippen LogP contribution is 2.14. The van der Waals surface area contributed by atoms with Crippen molar-refractivity contribution in [1.82, 2.24) is 15.5 Å². The first-order valence-electron chi connectivity index (χ1n) is 8.32. The zero-order valence-corrected chi connectivity index (χ0v) is 15.2. The lowest BCUT2D eigenvalue weighted by Gasteiger charge is -2.18.